The number of para-hydroxylation sites is 1. The van der Waals surface area contributed by atoms with Crippen LogP contribution < -0.4 is 14.8 Å². The lowest BCUT2D eigenvalue weighted by Gasteiger charge is -2.13. The summed E-state index contributed by atoms with van der Waals surface area (Å²) in [6.45, 7) is 4.71. The van der Waals surface area contributed by atoms with E-state index in [1.165, 1.54) is 0 Å². The van der Waals surface area contributed by atoms with Crippen molar-refractivity contribution in [1.82, 2.24) is 0 Å². The average molecular weight is 299 g/mol. The van der Waals surface area contributed by atoms with Crippen molar-refractivity contribution in [1.29, 1.82) is 0 Å². The lowest BCUT2D eigenvalue weighted by atomic mass is 10.1. The van der Waals surface area contributed by atoms with Gasteiger partial charge >= 0.3 is 0 Å². The first-order valence-electron chi connectivity index (χ1n) is 7.11. The summed E-state index contributed by atoms with van der Waals surface area (Å²) in [7, 11) is 1.59. The lowest BCUT2D eigenvalue weighted by Crippen LogP contribution is -2.04. The molecule has 2 N–H and O–H groups in total. The molecule has 4 heteroatoms. The molecule has 0 saturated heterocycles. The fraction of sp³-hybridized carbons (Fsp3) is 0.222. The average Bonchev–Trinajstić information content (AvgIpc) is 2.58. The normalized spacial score (nSPS) is 10.1. The monoisotopic (exact) mass is 299 g/mol. The summed E-state index contributed by atoms with van der Waals surface area (Å²) in [5, 5.41) is 12.7. The standard InChI is InChI=1S/C18H21NO3/c1-3-10-22-18-7-5-4-6-14(18)12-19-16-8-9-17(21-2)15(11-16)13-20/h3-9,11,19-20H,1,10,12-13H2,2H3. The van der Waals surface area contributed by atoms with Crippen molar-refractivity contribution in [3.63, 3.8) is 0 Å². The second kappa shape index (κ2) is 8.10. The Morgan fingerprint density at radius 2 is 1.95 bits per heavy atom. The maximum absolute atomic E-state index is 9.36. The van der Waals surface area contributed by atoms with Crippen LogP contribution in [-0.2, 0) is 13.2 Å². The largest absolute Gasteiger partial charge is 0.496 e. The van der Waals surface area contributed by atoms with E-state index < -0.39 is 0 Å². The van der Waals surface area contributed by atoms with Gasteiger partial charge in [-0.1, -0.05) is 30.9 Å². The number of methoxy groups -OCH3 is 1. The molecule has 2 aromatic rings. The zero-order valence-corrected chi connectivity index (χ0v) is 12.7. The van der Waals surface area contributed by atoms with Crippen molar-refractivity contribution in [2.75, 3.05) is 19.0 Å². The van der Waals surface area contributed by atoms with E-state index in [9.17, 15) is 5.11 Å². The summed E-state index contributed by atoms with van der Waals surface area (Å²) in [5.74, 6) is 1.52. The molecule has 0 spiro atoms. The van der Waals surface area contributed by atoms with Crippen LogP contribution in [0.4, 0.5) is 5.69 Å². The third-order valence-electron chi connectivity index (χ3n) is 3.26. The Morgan fingerprint density at radius 1 is 1.14 bits per heavy atom. The number of aliphatic hydroxyl groups excluding tert-OH is 1. The molecule has 0 heterocycles. The van der Waals surface area contributed by atoms with Crippen molar-refractivity contribution >= 4 is 5.69 Å². The van der Waals surface area contributed by atoms with Crippen molar-refractivity contribution in [3.8, 4) is 11.5 Å². The Kier molecular flexibility index (Phi) is 5.86. The third kappa shape index (κ3) is 4.02. The minimum Gasteiger partial charge on any atom is -0.496 e. The molecule has 0 aliphatic carbocycles. The molecule has 116 valence electrons. The molecule has 0 unspecified atom stereocenters. The number of hydrogen-bond donors (Lipinski definition) is 2. The topological polar surface area (TPSA) is 50.7 Å². The van der Waals surface area contributed by atoms with E-state index in [4.69, 9.17) is 9.47 Å². The van der Waals surface area contributed by atoms with Crippen molar-refractivity contribution < 1.29 is 14.6 Å². The summed E-state index contributed by atoms with van der Waals surface area (Å²) < 4.78 is 10.8. The summed E-state index contributed by atoms with van der Waals surface area (Å²) >= 11 is 0. The molecule has 0 amide bonds. The van der Waals surface area contributed by atoms with E-state index in [0.717, 1.165) is 22.6 Å². The predicted molar refractivity (Wildman–Crippen MR) is 88.4 cm³/mol. The van der Waals surface area contributed by atoms with Gasteiger partial charge in [0.15, 0.2) is 0 Å². The van der Waals surface area contributed by atoms with Gasteiger partial charge in [0.1, 0.15) is 18.1 Å². The summed E-state index contributed by atoms with van der Waals surface area (Å²) in [4.78, 5) is 0. The molecule has 0 bridgehead atoms. The Labute approximate surface area is 131 Å². The number of aliphatic hydroxyl groups is 1. The van der Waals surface area contributed by atoms with E-state index in [1.54, 1.807) is 13.2 Å². The summed E-state index contributed by atoms with van der Waals surface area (Å²) in [6.07, 6.45) is 1.72. The maximum Gasteiger partial charge on any atom is 0.124 e. The lowest BCUT2D eigenvalue weighted by molar-refractivity contribution is 0.274. The maximum atomic E-state index is 9.36. The fourth-order valence-electron chi connectivity index (χ4n) is 2.15. The van der Waals surface area contributed by atoms with Gasteiger partial charge in [0.2, 0.25) is 0 Å². The zero-order valence-electron chi connectivity index (χ0n) is 12.7. The minimum atomic E-state index is -0.0578. The van der Waals surface area contributed by atoms with E-state index >= 15 is 0 Å². The van der Waals surface area contributed by atoms with Crippen LogP contribution in [0.25, 0.3) is 0 Å². The third-order valence-corrected chi connectivity index (χ3v) is 3.26. The molecule has 0 aliphatic heterocycles. The van der Waals surface area contributed by atoms with Gasteiger partial charge in [-0.3, -0.25) is 0 Å². The van der Waals surface area contributed by atoms with Crippen LogP contribution in [0, 0.1) is 0 Å². The van der Waals surface area contributed by atoms with E-state index in [0.29, 0.717) is 18.9 Å². The van der Waals surface area contributed by atoms with Gasteiger partial charge in [0, 0.05) is 23.4 Å². The minimum absolute atomic E-state index is 0.0578. The smallest absolute Gasteiger partial charge is 0.124 e. The van der Waals surface area contributed by atoms with Crippen LogP contribution in [-0.4, -0.2) is 18.8 Å². The molecule has 0 radical (unpaired) electrons. The number of hydrogen-bond acceptors (Lipinski definition) is 4. The first kappa shape index (κ1) is 15.9. The van der Waals surface area contributed by atoms with Crippen molar-refractivity contribution in [2.24, 2.45) is 0 Å². The van der Waals surface area contributed by atoms with Crippen molar-refractivity contribution in [3.05, 3.63) is 66.2 Å². The first-order chi connectivity index (χ1) is 10.8. The molecule has 0 aromatic heterocycles. The molecule has 2 aromatic carbocycles. The Hall–Kier alpha value is -2.46. The van der Waals surface area contributed by atoms with Gasteiger partial charge in [-0.2, -0.15) is 0 Å². The van der Waals surface area contributed by atoms with Gasteiger partial charge in [-0.05, 0) is 24.3 Å². The number of rotatable bonds is 8. The van der Waals surface area contributed by atoms with Gasteiger partial charge in [-0.15, -0.1) is 0 Å². The highest BCUT2D eigenvalue weighted by molar-refractivity contribution is 5.52. The summed E-state index contributed by atoms with van der Waals surface area (Å²) in [5.41, 5.74) is 2.73. The van der Waals surface area contributed by atoms with Gasteiger partial charge in [0.25, 0.3) is 0 Å². The van der Waals surface area contributed by atoms with Gasteiger partial charge < -0.3 is 19.9 Å². The van der Waals surface area contributed by atoms with Crippen LogP contribution in [0.1, 0.15) is 11.1 Å². The fourth-order valence-corrected chi connectivity index (χ4v) is 2.15. The number of nitrogens with one attached hydrogen (secondary N) is 1. The predicted octanol–water partition coefficient (Wildman–Crippen LogP) is 3.36. The zero-order chi connectivity index (χ0) is 15.8. The molecule has 0 aliphatic rings. The Balaban J connectivity index is 2.08. The SMILES string of the molecule is C=CCOc1ccccc1CNc1ccc(OC)c(CO)c1. The van der Waals surface area contributed by atoms with Gasteiger partial charge in [-0.25, -0.2) is 0 Å². The van der Waals surface area contributed by atoms with Crippen LogP contribution in [0.15, 0.2) is 55.1 Å². The van der Waals surface area contributed by atoms with Crippen LogP contribution in [0.2, 0.25) is 0 Å². The van der Waals surface area contributed by atoms with E-state index in [1.807, 2.05) is 42.5 Å². The second-order valence-corrected chi connectivity index (χ2v) is 4.75. The quantitative estimate of drug-likeness (QED) is 0.734. The highest BCUT2D eigenvalue weighted by atomic mass is 16.5. The van der Waals surface area contributed by atoms with Gasteiger partial charge in [0.05, 0.1) is 13.7 Å². The first-order valence-corrected chi connectivity index (χ1v) is 7.11. The van der Waals surface area contributed by atoms with E-state index in [2.05, 4.69) is 11.9 Å². The highest BCUT2D eigenvalue weighted by Gasteiger charge is 2.05. The Bertz CT molecular complexity index is 625. The number of ether oxygens (including phenoxy) is 2. The summed E-state index contributed by atoms with van der Waals surface area (Å²) in [6, 6.07) is 13.5. The number of anilines is 1. The molecule has 0 atom stereocenters. The Morgan fingerprint density at radius 3 is 2.68 bits per heavy atom. The molecular formula is C18H21NO3. The van der Waals surface area contributed by atoms with Crippen LogP contribution in [0.5, 0.6) is 11.5 Å². The second-order valence-electron chi connectivity index (χ2n) is 4.75. The molecule has 0 fully saturated rings. The molecule has 22 heavy (non-hydrogen) atoms. The molecule has 0 saturated carbocycles. The highest BCUT2D eigenvalue weighted by Crippen LogP contribution is 2.24. The van der Waals surface area contributed by atoms with Crippen molar-refractivity contribution in [2.45, 2.75) is 13.2 Å². The number of benzene rings is 2. The van der Waals surface area contributed by atoms with Crippen LogP contribution in [0.3, 0.4) is 0 Å². The molecule has 4 nitrogen and oxygen atoms in total. The molecule has 2 rings (SSSR count). The van der Waals surface area contributed by atoms with E-state index in [-0.39, 0.29) is 6.61 Å². The van der Waals surface area contributed by atoms with Crippen LogP contribution >= 0.6 is 0 Å². The molecular weight excluding hydrogens is 278 g/mol.